The van der Waals surface area contributed by atoms with Crippen molar-refractivity contribution in [3.63, 3.8) is 0 Å². The van der Waals surface area contributed by atoms with Crippen molar-refractivity contribution in [3.8, 4) is 0 Å². The van der Waals surface area contributed by atoms with Gasteiger partial charge >= 0.3 is 0 Å². The minimum absolute atomic E-state index is 0.164. The van der Waals surface area contributed by atoms with Gasteiger partial charge in [0.25, 0.3) is 5.91 Å². The van der Waals surface area contributed by atoms with Crippen molar-refractivity contribution < 1.29 is 4.79 Å². The van der Waals surface area contributed by atoms with Gasteiger partial charge in [-0.15, -0.1) is 0 Å². The molecule has 0 saturated carbocycles. The maximum Gasteiger partial charge on any atom is 0.257 e. The molecule has 0 aliphatic rings. The van der Waals surface area contributed by atoms with Crippen molar-refractivity contribution >= 4 is 44.1 Å². The normalized spacial score (nSPS) is 10.2. The number of rotatable bonds is 5. The number of fused-ring (bicyclic) bond motifs is 1. The second-order valence-corrected chi connectivity index (χ2v) is 6.29. The first-order valence-corrected chi connectivity index (χ1v) is 10.6. The van der Waals surface area contributed by atoms with Gasteiger partial charge in [0.05, 0.1) is 11.1 Å². The Balaban J connectivity index is 0.00000117. The molecule has 0 bridgehead atoms. The van der Waals surface area contributed by atoms with E-state index in [0.29, 0.717) is 12.1 Å². The highest BCUT2D eigenvalue weighted by molar-refractivity contribution is 9.08. The van der Waals surface area contributed by atoms with E-state index < -0.39 is 0 Å². The summed E-state index contributed by atoms with van der Waals surface area (Å²) in [5, 5.41) is 11.7. The number of anilines is 2. The summed E-state index contributed by atoms with van der Waals surface area (Å²) in [6, 6.07) is 17.1. The number of hydrogen-bond acceptors (Lipinski definition) is 4. The van der Waals surface area contributed by atoms with E-state index in [-0.39, 0.29) is 5.91 Å². The van der Waals surface area contributed by atoms with Gasteiger partial charge in [-0.25, -0.2) is 0 Å². The molecule has 0 saturated heterocycles. The molecule has 2 aromatic carbocycles. The van der Waals surface area contributed by atoms with E-state index in [1.54, 1.807) is 17.1 Å². The minimum Gasteiger partial charge on any atom is -0.380 e. The number of benzene rings is 2. The number of aryl methyl sites for hydroxylation is 1. The Kier molecular flexibility index (Phi) is 6.97. The predicted molar refractivity (Wildman–Crippen MR) is 122 cm³/mol. The third-order valence-electron chi connectivity index (χ3n) is 4.28. The molecule has 0 aliphatic heterocycles. The smallest absolute Gasteiger partial charge is 0.257 e. The lowest BCUT2D eigenvalue weighted by Crippen LogP contribution is -2.14. The van der Waals surface area contributed by atoms with E-state index in [2.05, 4.69) is 36.6 Å². The summed E-state index contributed by atoms with van der Waals surface area (Å²) in [7, 11) is 1.88. The number of carbonyl (C=O) groups excluding carboxylic acids is 1. The van der Waals surface area contributed by atoms with E-state index in [4.69, 9.17) is 0 Å². The lowest BCUT2D eigenvalue weighted by molar-refractivity contribution is 0.102. The number of pyridine rings is 1. The monoisotopic (exact) mass is 451 g/mol. The fraction of sp³-hybridized carbons (Fsp3) is 0.136. The molecule has 2 heterocycles. The molecule has 0 unspecified atom stereocenters. The number of alkyl halides is 1. The van der Waals surface area contributed by atoms with Crippen molar-refractivity contribution in [2.45, 2.75) is 6.54 Å². The second-order valence-electron chi connectivity index (χ2n) is 6.29. The Labute approximate surface area is 178 Å². The van der Waals surface area contributed by atoms with Gasteiger partial charge in [0.15, 0.2) is 0 Å². The average Bonchev–Trinajstić information content (AvgIpc) is 3.14. The first kappa shape index (κ1) is 20.5. The van der Waals surface area contributed by atoms with Gasteiger partial charge < -0.3 is 10.6 Å². The number of nitrogens with one attached hydrogen (secondary N) is 2. The molecule has 0 radical (unpaired) electrons. The van der Waals surface area contributed by atoms with E-state index in [1.165, 1.54) is 0 Å². The highest BCUT2D eigenvalue weighted by Crippen LogP contribution is 2.21. The summed E-state index contributed by atoms with van der Waals surface area (Å²) >= 11 is 2.94. The quantitative estimate of drug-likeness (QED) is 0.425. The van der Waals surface area contributed by atoms with Crippen LogP contribution in [0.15, 0.2) is 73.2 Å². The molecule has 2 aromatic heterocycles. The summed E-state index contributed by atoms with van der Waals surface area (Å²) < 4.78 is 1.76. The second kappa shape index (κ2) is 9.84. The number of hydrogen-bond donors (Lipinski definition) is 2. The Hall–Kier alpha value is -3.19. The van der Waals surface area contributed by atoms with Crippen LogP contribution in [0, 0.1) is 0 Å². The lowest BCUT2D eigenvalue weighted by Gasteiger charge is -2.12. The number of para-hydroxylation sites is 1. The van der Waals surface area contributed by atoms with Crippen LogP contribution in [-0.2, 0) is 13.6 Å². The molecule has 7 heteroatoms. The maximum atomic E-state index is 12.8. The first-order chi connectivity index (χ1) is 14.2. The van der Waals surface area contributed by atoms with Crippen molar-refractivity contribution in [2.24, 2.45) is 7.05 Å². The van der Waals surface area contributed by atoms with Crippen molar-refractivity contribution in [1.82, 2.24) is 14.8 Å². The fourth-order valence-corrected chi connectivity index (χ4v) is 2.95. The average molecular weight is 452 g/mol. The SMILES string of the molecule is CBr.Cn1cc2ccc(NC(=O)c3ccccc3NCc3ccncc3)cc2n1. The standard InChI is InChI=1S/C21H19N5O.CH3Br/c1-26-14-16-6-7-17(12-20(16)25-26)24-21(27)18-4-2-3-5-19(18)23-13-15-8-10-22-11-9-15;1-2/h2-12,14,23H,13H2,1H3,(H,24,27);1H3. The predicted octanol–water partition coefficient (Wildman–Crippen LogP) is 4.84. The zero-order valence-corrected chi connectivity index (χ0v) is 17.8. The number of halogens is 1. The van der Waals surface area contributed by atoms with E-state index in [0.717, 1.165) is 27.8 Å². The summed E-state index contributed by atoms with van der Waals surface area (Å²) in [4.78, 5) is 16.8. The van der Waals surface area contributed by atoms with Crippen LogP contribution in [0.3, 0.4) is 0 Å². The van der Waals surface area contributed by atoms with Crippen LogP contribution >= 0.6 is 15.9 Å². The number of carbonyl (C=O) groups is 1. The molecule has 1 amide bonds. The molecular weight excluding hydrogens is 430 g/mol. The maximum absolute atomic E-state index is 12.8. The molecule has 6 nitrogen and oxygen atoms in total. The number of nitrogens with zero attached hydrogens (tertiary/aromatic N) is 3. The highest BCUT2D eigenvalue weighted by atomic mass is 79.9. The zero-order valence-electron chi connectivity index (χ0n) is 16.3. The van der Waals surface area contributed by atoms with Crippen molar-refractivity contribution in [1.29, 1.82) is 0 Å². The Morgan fingerprint density at radius 2 is 1.83 bits per heavy atom. The number of amides is 1. The Bertz CT molecular complexity index is 1090. The Morgan fingerprint density at radius 1 is 1.07 bits per heavy atom. The highest BCUT2D eigenvalue weighted by Gasteiger charge is 2.12. The first-order valence-electron chi connectivity index (χ1n) is 9.03. The van der Waals surface area contributed by atoms with Crippen LogP contribution in [0.2, 0.25) is 0 Å². The summed E-state index contributed by atoms with van der Waals surface area (Å²) in [5.74, 6) is 1.65. The van der Waals surface area contributed by atoms with E-state index in [9.17, 15) is 4.79 Å². The zero-order chi connectivity index (χ0) is 20.6. The largest absolute Gasteiger partial charge is 0.380 e. The molecule has 148 valence electrons. The molecule has 2 N–H and O–H groups in total. The summed E-state index contributed by atoms with van der Waals surface area (Å²) in [6.07, 6.45) is 5.45. The van der Waals surface area contributed by atoms with Crippen LogP contribution < -0.4 is 10.6 Å². The molecule has 0 spiro atoms. The molecule has 0 aliphatic carbocycles. The van der Waals surface area contributed by atoms with Crippen LogP contribution in [0.5, 0.6) is 0 Å². The van der Waals surface area contributed by atoms with Crippen molar-refractivity contribution in [2.75, 3.05) is 16.5 Å². The lowest BCUT2D eigenvalue weighted by atomic mass is 10.1. The molecule has 4 aromatic rings. The Morgan fingerprint density at radius 3 is 2.62 bits per heavy atom. The van der Waals surface area contributed by atoms with Crippen LogP contribution in [0.4, 0.5) is 11.4 Å². The number of aromatic nitrogens is 3. The van der Waals surface area contributed by atoms with Gasteiger partial charge in [0.2, 0.25) is 0 Å². The van der Waals surface area contributed by atoms with Crippen LogP contribution in [-0.4, -0.2) is 26.5 Å². The summed E-state index contributed by atoms with van der Waals surface area (Å²) in [6.45, 7) is 0.618. The molecule has 29 heavy (non-hydrogen) atoms. The van der Waals surface area contributed by atoms with Gasteiger partial charge in [-0.3, -0.25) is 14.5 Å². The van der Waals surface area contributed by atoms with Crippen LogP contribution in [0.1, 0.15) is 15.9 Å². The molecular formula is C22H22BrN5O. The van der Waals surface area contributed by atoms with Crippen LogP contribution in [0.25, 0.3) is 10.9 Å². The molecule has 0 atom stereocenters. The minimum atomic E-state index is -0.164. The van der Waals surface area contributed by atoms with Gasteiger partial charge in [-0.2, -0.15) is 5.10 Å². The fourth-order valence-electron chi connectivity index (χ4n) is 2.95. The van der Waals surface area contributed by atoms with Gasteiger partial charge in [0.1, 0.15) is 0 Å². The van der Waals surface area contributed by atoms with Crippen molar-refractivity contribution in [3.05, 3.63) is 84.3 Å². The molecule has 0 fully saturated rings. The third kappa shape index (κ3) is 5.20. The summed E-state index contributed by atoms with van der Waals surface area (Å²) in [5.41, 5.74) is 4.04. The van der Waals surface area contributed by atoms with E-state index in [1.807, 2.05) is 73.7 Å². The third-order valence-corrected chi connectivity index (χ3v) is 4.28. The molecule has 4 rings (SSSR count). The topological polar surface area (TPSA) is 71.8 Å². The van der Waals surface area contributed by atoms with Gasteiger partial charge in [-0.05, 0) is 53.9 Å². The van der Waals surface area contributed by atoms with Gasteiger partial charge in [-0.1, -0.05) is 28.1 Å². The van der Waals surface area contributed by atoms with Gasteiger partial charge in [0, 0.05) is 48.9 Å². The van der Waals surface area contributed by atoms with E-state index >= 15 is 0 Å².